The summed E-state index contributed by atoms with van der Waals surface area (Å²) in [6.45, 7) is 6.13. The number of aromatic nitrogens is 5. The third-order valence-corrected chi connectivity index (χ3v) is 5.24. The predicted octanol–water partition coefficient (Wildman–Crippen LogP) is 4.72. The molecule has 0 aromatic carbocycles. The van der Waals surface area contributed by atoms with Crippen molar-refractivity contribution < 1.29 is 13.9 Å². The first-order valence-electron chi connectivity index (χ1n) is 10.0. The zero-order valence-corrected chi connectivity index (χ0v) is 18.9. The number of furan rings is 1. The van der Waals surface area contributed by atoms with Crippen LogP contribution in [0.2, 0.25) is 5.15 Å². The van der Waals surface area contributed by atoms with E-state index in [9.17, 15) is 4.79 Å². The number of ether oxygens (including phenoxy) is 1. The highest BCUT2D eigenvalue weighted by Gasteiger charge is 2.28. The number of fused-ring (bicyclic) bond motifs is 1. The summed E-state index contributed by atoms with van der Waals surface area (Å²) in [5.74, 6) is 1.23. The first kappa shape index (κ1) is 21.8. The number of hydrogen-bond donors (Lipinski definition) is 2. The van der Waals surface area contributed by atoms with Crippen LogP contribution < -0.4 is 5.32 Å². The van der Waals surface area contributed by atoms with Gasteiger partial charge in [-0.15, -0.1) is 0 Å². The van der Waals surface area contributed by atoms with Crippen LogP contribution in [0, 0.1) is 5.41 Å². The molecule has 2 N–H and O–H groups in total. The quantitative estimate of drug-likeness (QED) is 0.402. The van der Waals surface area contributed by atoms with Crippen molar-refractivity contribution in [2.24, 2.45) is 5.41 Å². The lowest BCUT2D eigenvalue weighted by molar-refractivity contribution is -0.141. The SMILES string of the molecule is COC(=O)C[C@@H](Nc1cc(-c2ccco2)nc(-c2c[nH]c3ncc(Cl)nc23)n1)C(C)(C)C. The van der Waals surface area contributed by atoms with Crippen LogP contribution in [0.5, 0.6) is 0 Å². The summed E-state index contributed by atoms with van der Waals surface area (Å²) in [5, 5.41) is 3.65. The molecule has 9 nitrogen and oxygen atoms in total. The van der Waals surface area contributed by atoms with Crippen molar-refractivity contribution in [3.63, 3.8) is 0 Å². The van der Waals surface area contributed by atoms with Crippen LogP contribution in [0.1, 0.15) is 27.2 Å². The van der Waals surface area contributed by atoms with Crippen LogP contribution in [0.4, 0.5) is 5.82 Å². The van der Waals surface area contributed by atoms with Crippen LogP contribution in [0.3, 0.4) is 0 Å². The third kappa shape index (κ3) is 4.57. The molecular weight excluding hydrogens is 432 g/mol. The maximum atomic E-state index is 12.0. The molecule has 0 unspecified atom stereocenters. The van der Waals surface area contributed by atoms with Gasteiger partial charge in [0, 0.05) is 18.3 Å². The average molecular weight is 455 g/mol. The van der Waals surface area contributed by atoms with Gasteiger partial charge in [0.1, 0.15) is 22.2 Å². The molecule has 10 heteroatoms. The van der Waals surface area contributed by atoms with E-state index in [1.807, 2.05) is 26.8 Å². The predicted molar refractivity (Wildman–Crippen MR) is 121 cm³/mol. The molecule has 0 radical (unpaired) electrons. The number of rotatable bonds is 6. The second-order valence-electron chi connectivity index (χ2n) is 8.37. The Labute approximate surface area is 189 Å². The lowest BCUT2D eigenvalue weighted by Gasteiger charge is -2.31. The second kappa shape index (κ2) is 8.58. The molecule has 1 atom stereocenters. The Bertz CT molecular complexity index is 1250. The van der Waals surface area contributed by atoms with Crippen LogP contribution in [-0.2, 0) is 9.53 Å². The number of carbonyl (C=O) groups excluding carboxylic acids is 1. The Hall–Kier alpha value is -3.46. The first-order valence-corrected chi connectivity index (χ1v) is 10.4. The molecule has 0 saturated carbocycles. The van der Waals surface area contributed by atoms with Crippen molar-refractivity contribution in [1.29, 1.82) is 0 Å². The third-order valence-electron chi connectivity index (χ3n) is 5.06. The molecule has 0 amide bonds. The molecule has 4 aromatic rings. The van der Waals surface area contributed by atoms with Gasteiger partial charge in [-0.2, -0.15) is 0 Å². The molecule has 166 valence electrons. The van der Waals surface area contributed by atoms with E-state index >= 15 is 0 Å². The van der Waals surface area contributed by atoms with E-state index < -0.39 is 0 Å². The van der Waals surface area contributed by atoms with Crippen molar-refractivity contribution >= 4 is 34.6 Å². The lowest BCUT2D eigenvalue weighted by atomic mass is 9.84. The zero-order chi connectivity index (χ0) is 22.9. The van der Waals surface area contributed by atoms with Gasteiger partial charge in [0.05, 0.1) is 31.6 Å². The Morgan fingerprint density at radius 2 is 2.12 bits per heavy atom. The van der Waals surface area contributed by atoms with Gasteiger partial charge in [-0.25, -0.2) is 19.9 Å². The van der Waals surface area contributed by atoms with Gasteiger partial charge in [-0.1, -0.05) is 32.4 Å². The maximum absolute atomic E-state index is 12.0. The summed E-state index contributed by atoms with van der Waals surface area (Å²) in [6, 6.07) is 5.15. The van der Waals surface area contributed by atoms with E-state index in [1.54, 1.807) is 24.6 Å². The lowest BCUT2D eigenvalue weighted by Crippen LogP contribution is -2.36. The zero-order valence-electron chi connectivity index (χ0n) is 18.1. The minimum absolute atomic E-state index is 0.184. The number of anilines is 1. The minimum atomic E-state index is -0.306. The number of hydrogen-bond acceptors (Lipinski definition) is 8. The number of nitrogens with zero attached hydrogens (tertiary/aromatic N) is 4. The summed E-state index contributed by atoms with van der Waals surface area (Å²) in [7, 11) is 1.38. The molecule has 0 bridgehead atoms. The fraction of sp³-hybridized carbons (Fsp3) is 0.318. The molecule has 0 aliphatic carbocycles. The summed E-state index contributed by atoms with van der Waals surface area (Å²) in [5.41, 5.74) is 2.11. The maximum Gasteiger partial charge on any atom is 0.307 e. The van der Waals surface area contributed by atoms with Gasteiger partial charge in [0.25, 0.3) is 0 Å². The fourth-order valence-corrected chi connectivity index (χ4v) is 3.37. The van der Waals surface area contributed by atoms with E-state index in [4.69, 9.17) is 25.7 Å². The highest BCUT2D eigenvalue weighted by Crippen LogP contribution is 2.31. The monoisotopic (exact) mass is 454 g/mol. The molecule has 4 rings (SSSR count). The molecule has 0 aliphatic heterocycles. The molecule has 0 aliphatic rings. The number of carbonyl (C=O) groups is 1. The minimum Gasteiger partial charge on any atom is -0.469 e. The smallest absolute Gasteiger partial charge is 0.307 e. The molecule has 4 aromatic heterocycles. The van der Waals surface area contributed by atoms with Crippen molar-refractivity contribution in [3.8, 4) is 22.8 Å². The van der Waals surface area contributed by atoms with Crippen LogP contribution >= 0.6 is 11.6 Å². The molecule has 0 spiro atoms. The van der Waals surface area contributed by atoms with E-state index in [1.165, 1.54) is 13.3 Å². The number of H-pyrrole nitrogens is 1. The topological polar surface area (TPSA) is 119 Å². The average Bonchev–Trinajstić information content (AvgIpc) is 3.42. The molecule has 4 heterocycles. The first-order chi connectivity index (χ1) is 15.2. The van der Waals surface area contributed by atoms with E-state index in [2.05, 4.69) is 25.3 Å². The van der Waals surface area contributed by atoms with E-state index in [0.29, 0.717) is 39.8 Å². The van der Waals surface area contributed by atoms with E-state index in [-0.39, 0.29) is 29.0 Å². The van der Waals surface area contributed by atoms with Crippen LogP contribution in [0.15, 0.2) is 41.3 Å². The van der Waals surface area contributed by atoms with Gasteiger partial charge < -0.3 is 19.5 Å². The van der Waals surface area contributed by atoms with Crippen LogP contribution in [-0.4, -0.2) is 44.0 Å². The van der Waals surface area contributed by atoms with Crippen molar-refractivity contribution in [3.05, 3.63) is 42.0 Å². The van der Waals surface area contributed by atoms with Crippen LogP contribution in [0.25, 0.3) is 34.0 Å². The Balaban J connectivity index is 1.81. The number of methoxy groups -OCH3 is 1. The summed E-state index contributed by atoms with van der Waals surface area (Å²) in [6.07, 6.45) is 4.97. The van der Waals surface area contributed by atoms with Gasteiger partial charge >= 0.3 is 5.97 Å². The normalized spacial score (nSPS) is 12.7. The highest BCUT2D eigenvalue weighted by atomic mass is 35.5. The van der Waals surface area contributed by atoms with E-state index in [0.717, 1.165) is 0 Å². The Morgan fingerprint density at radius 3 is 2.81 bits per heavy atom. The van der Waals surface area contributed by atoms with Crippen molar-refractivity contribution in [2.75, 3.05) is 12.4 Å². The number of aromatic amines is 1. The van der Waals surface area contributed by atoms with Gasteiger partial charge in [-0.05, 0) is 17.5 Å². The summed E-state index contributed by atoms with van der Waals surface area (Å²) in [4.78, 5) is 33.1. The summed E-state index contributed by atoms with van der Waals surface area (Å²) < 4.78 is 10.4. The highest BCUT2D eigenvalue weighted by molar-refractivity contribution is 6.29. The van der Waals surface area contributed by atoms with Gasteiger partial charge in [0.2, 0.25) is 0 Å². The number of esters is 1. The second-order valence-corrected chi connectivity index (χ2v) is 8.76. The van der Waals surface area contributed by atoms with Gasteiger partial charge in [0.15, 0.2) is 17.2 Å². The Morgan fingerprint density at radius 1 is 1.31 bits per heavy atom. The number of nitrogens with one attached hydrogen (secondary N) is 2. The molecule has 0 fully saturated rings. The largest absolute Gasteiger partial charge is 0.469 e. The Kier molecular flexibility index (Phi) is 5.84. The number of halogens is 1. The molecule has 0 saturated heterocycles. The fourth-order valence-electron chi connectivity index (χ4n) is 3.23. The molecule has 32 heavy (non-hydrogen) atoms. The standard InChI is InChI=1S/C22H23ClN6O3/c1-22(2,3)15(9-18(30)31-4)27-17-8-13(14-6-5-7-32-14)26-20(29-17)12-10-24-21-19(12)28-16(23)11-25-21/h5-8,10-11,15H,9H2,1-4H3,(H,24,25)(H,26,27,29)/t15-/m1/s1. The van der Waals surface area contributed by atoms with Crippen molar-refractivity contribution in [2.45, 2.75) is 33.2 Å². The molecular formula is C22H23ClN6O3. The van der Waals surface area contributed by atoms with Gasteiger partial charge in [-0.3, -0.25) is 4.79 Å². The summed E-state index contributed by atoms with van der Waals surface area (Å²) >= 11 is 6.06. The van der Waals surface area contributed by atoms with Crippen molar-refractivity contribution in [1.82, 2.24) is 24.9 Å².